The van der Waals surface area contributed by atoms with Gasteiger partial charge in [-0.1, -0.05) is 0 Å². The molecule has 0 unspecified atom stereocenters. The normalized spacial score (nSPS) is 19.8. The molecule has 0 saturated carbocycles. The number of alkyl halides is 4. The lowest BCUT2D eigenvalue weighted by Gasteiger charge is -2.39. The molecule has 2 aliphatic rings. The number of hydrogen-bond donors (Lipinski definition) is 3. The van der Waals surface area contributed by atoms with Gasteiger partial charge in [-0.15, -0.1) is 0 Å². The van der Waals surface area contributed by atoms with Crippen LogP contribution in [0.2, 0.25) is 0 Å². The molecule has 0 atom stereocenters. The molecule has 6 nitrogen and oxygen atoms in total. The van der Waals surface area contributed by atoms with Crippen molar-refractivity contribution < 1.29 is 32.3 Å². The molecular weight excluding hydrogens is 418 g/mol. The van der Waals surface area contributed by atoms with Crippen LogP contribution < -0.4 is 10.6 Å². The van der Waals surface area contributed by atoms with Gasteiger partial charge in [0.15, 0.2) is 0 Å². The Morgan fingerprint density at radius 3 is 2.39 bits per heavy atom. The Bertz CT molecular complexity index is 802. The van der Waals surface area contributed by atoms with Gasteiger partial charge in [-0.05, 0) is 68.5 Å². The Balaban J connectivity index is 1.53. The van der Waals surface area contributed by atoms with Crippen LogP contribution in [0.25, 0.3) is 0 Å². The number of likely N-dealkylation sites (tertiary alicyclic amines) is 1. The molecule has 2 amide bonds. The van der Waals surface area contributed by atoms with Crippen molar-refractivity contribution in [3.63, 3.8) is 0 Å². The van der Waals surface area contributed by atoms with Gasteiger partial charge in [0.1, 0.15) is 12.3 Å². The number of hydrogen-bond acceptors (Lipinski definition) is 4. The average Bonchev–Trinajstić information content (AvgIpc) is 2.73. The summed E-state index contributed by atoms with van der Waals surface area (Å²) in [5.74, 6) is -0.760. The molecule has 2 aliphatic heterocycles. The zero-order chi connectivity index (χ0) is 22.6. The minimum Gasteiger partial charge on any atom is -0.380 e. The zero-order valence-electron chi connectivity index (χ0n) is 17.1. The molecule has 1 aromatic rings. The summed E-state index contributed by atoms with van der Waals surface area (Å²) in [6.45, 7) is 0.933. The zero-order valence-corrected chi connectivity index (χ0v) is 17.1. The first-order valence-electron chi connectivity index (χ1n) is 10.4. The molecule has 3 N–H and O–H groups in total. The van der Waals surface area contributed by atoms with E-state index in [0.29, 0.717) is 51.9 Å². The maximum Gasteiger partial charge on any atom is 0.416 e. The fraction of sp³-hybridized carbons (Fsp3) is 0.619. The minimum absolute atomic E-state index is 0.0295. The number of halogens is 4. The third kappa shape index (κ3) is 5.94. The SMILES string of the molecule is O=C(CC1CCN(C(=O)C2(O)CCNCC2)CC1)Nc1cc(CF)cc(C(F)(F)F)c1. The number of rotatable bonds is 5. The predicted octanol–water partition coefficient (Wildman–Crippen LogP) is 2.86. The molecule has 0 aromatic heterocycles. The highest BCUT2D eigenvalue weighted by Crippen LogP contribution is 2.32. The number of nitrogens with zero attached hydrogens (tertiary/aromatic N) is 1. The third-order valence-electron chi connectivity index (χ3n) is 5.96. The third-order valence-corrected chi connectivity index (χ3v) is 5.96. The second kappa shape index (κ2) is 9.52. The molecule has 2 fully saturated rings. The second-order valence-corrected chi connectivity index (χ2v) is 8.32. The standard InChI is InChI=1S/C21H27F4N3O3/c22-13-15-9-16(21(23,24)25)12-17(10-15)27-18(29)11-14-1-7-28(8-2-14)19(30)20(31)3-5-26-6-4-20/h9-10,12,14,26,31H,1-8,11,13H2,(H,27,29). The van der Waals surface area contributed by atoms with E-state index >= 15 is 0 Å². The highest BCUT2D eigenvalue weighted by molar-refractivity contribution is 5.91. The summed E-state index contributed by atoms with van der Waals surface area (Å²) < 4.78 is 51.8. The van der Waals surface area contributed by atoms with E-state index in [-0.39, 0.29) is 29.5 Å². The number of piperidine rings is 2. The summed E-state index contributed by atoms with van der Waals surface area (Å²) in [7, 11) is 0. The van der Waals surface area contributed by atoms with Crippen molar-refractivity contribution >= 4 is 17.5 Å². The molecule has 0 bridgehead atoms. The molecule has 2 saturated heterocycles. The maximum absolute atomic E-state index is 13.0. The summed E-state index contributed by atoms with van der Waals surface area (Å²) in [5, 5.41) is 16.1. The van der Waals surface area contributed by atoms with Crippen LogP contribution in [0, 0.1) is 5.92 Å². The minimum atomic E-state index is -4.64. The topological polar surface area (TPSA) is 81.7 Å². The Labute approximate surface area is 178 Å². The van der Waals surface area contributed by atoms with Gasteiger partial charge in [0.2, 0.25) is 5.91 Å². The second-order valence-electron chi connectivity index (χ2n) is 8.32. The molecule has 3 rings (SSSR count). The molecule has 1 aromatic carbocycles. The molecule has 31 heavy (non-hydrogen) atoms. The van der Waals surface area contributed by atoms with Gasteiger partial charge < -0.3 is 20.6 Å². The highest BCUT2D eigenvalue weighted by atomic mass is 19.4. The van der Waals surface area contributed by atoms with E-state index in [9.17, 15) is 32.3 Å². The lowest BCUT2D eigenvalue weighted by atomic mass is 9.88. The van der Waals surface area contributed by atoms with Crippen LogP contribution in [0.4, 0.5) is 23.2 Å². The van der Waals surface area contributed by atoms with Crippen LogP contribution in [0.5, 0.6) is 0 Å². The van der Waals surface area contributed by atoms with Gasteiger partial charge in [0.25, 0.3) is 5.91 Å². The number of benzene rings is 1. The molecule has 172 valence electrons. The first kappa shape index (κ1) is 23.5. The largest absolute Gasteiger partial charge is 0.416 e. The quantitative estimate of drug-likeness (QED) is 0.609. The molecule has 10 heteroatoms. The molecule has 2 heterocycles. The van der Waals surface area contributed by atoms with Gasteiger partial charge in [-0.2, -0.15) is 13.2 Å². The monoisotopic (exact) mass is 445 g/mol. The average molecular weight is 445 g/mol. The van der Waals surface area contributed by atoms with E-state index < -0.39 is 29.9 Å². The van der Waals surface area contributed by atoms with Crippen molar-refractivity contribution in [3.05, 3.63) is 29.3 Å². The number of anilines is 1. The van der Waals surface area contributed by atoms with Crippen LogP contribution in [0.1, 0.15) is 43.2 Å². The summed E-state index contributed by atoms with van der Waals surface area (Å²) in [4.78, 5) is 26.6. The molecule has 0 aliphatic carbocycles. The maximum atomic E-state index is 13.0. The van der Waals surface area contributed by atoms with Crippen molar-refractivity contribution in [2.75, 3.05) is 31.5 Å². The van der Waals surface area contributed by atoms with Crippen molar-refractivity contribution in [3.8, 4) is 0 Å². The van der Waals surface area contributed by atoms with Gasteiger partial charge >= 0.3 is 6.18 Å². The Hall–Kier alpha value is -2.20. The van der Waals surface area contributed by atoms with Crippen LogP contribution in [0.3, 0.4) is 0 Å². The van der Waals surface area contributed by atoms with Crippen LogP contribution in [-0.2, 0) is 22.4 Å². The summed E-state index contributed by atoms with van der Waals surface area (Å²) in [6, 6.07) is 2.70. The van der Waals surface area contributed by atoms with E-state index in [0.717, 1.165) is 12.1 Å². The summed E-state index contributed by atoms with van der Waals surface area (Å²) in [6.07, 6.45) is -2.68. The molecule has 0 spiro atoms. The smallest absolute Gasteiger partial charge is 0.380 e. The summed E-state index contributed by atoms with van der Waals surface area (Å²) >= 11 is 0. The number of carbonyl (C=O) groups is 2. The lowest BCUT2D eigenvalue weighted by Crippen LogP contribution is -2.55. The Morgan fingerprint density at radius 2 is 1.81 bits per heavy atom. The molecule has 0 radical (unpaired) electrons. The Morgan fingerprint density at radius 1 is 1.16 bits per heavy atom. The fourth-order valence-corrected chi connectivity index (χ4v) is 4.17. The van der Waals surface area contributed by atoms with Crippen LogP contribution >= 0.6 is 0 Å². The van der Waals surface area contributed by atoms with E-state index in [1.54, 1.807) is 4.90 Å². The van der Waals surface area contributed by atoms with Crippen molar-refractivity contribution in [2.24, 2.45) is 5.92 Å². The van der Waals surface area contributed by atoms with Gasteiger partial charge in [0, 0.05) is 25.2 Å². The van der Waals surface area contributed by atoms with Crippen molar-refractivity contribution in [1.29, 1.82) is 0 Å². The first-order chi connectivity index (χ1) is 14.6. The van der Waals surface area contributed by atoms with E-state index in [1.165, 1.54) is 6.07 Å². The Kier molecular flexibility index (Phi) is 7.20. The van der Waals surface area contributed by atoms with Crippen LogP contribution in [-0.4, -0.2) is 53.6 Å². The lowest BCUT2D eigenvalue weighted by molar-refractivity contribution is -0.155. The van der Waals surface area contributed by atoms with Gasteiger partial charge in [0.05, 0.1) is 5.56 Å². The fourth-order valence-electron chi connectivity index (χ4n) is 4.17. The van der Waals surface area contributed by atoms with Crippen LogP contribution in [0.15, 0.2) is 18.2 Å². The van der Waals surface area contributed by atoms with E-state index in [2.05, 4.69) is 10.6 Å². The van der Waals surface area contributed by atoms with E-state index in [1.807, 2.05) is 0 Å². The number of carbonyl (C=O) groups excluding carboxylic acids is 2. The van der Waals surface area contributed by atoms with Gasteiger partial charge in [-0.25, -0.2) is 4.39 Å². The number of aliphatic hydroxyl groups is 1. The van der Waals surface area contributed by atoms with Crippen molar-refractivity contribution in [1.82, 2.24) is 10.2 Å². The number of nitrogens with one attached hydrogen (secondary N) is 2. The highest BCUT2D eigenvalue weighted by Gasteiger charge is 2.41. The van der Waals surface area contributed by atoms with Gasteiger partial charge in [-0.3, -0.25) is 9.59 Å². The van der Waals surface area contributed by atoms with Crippen molar-refractivity contribution in [2.45, 2.75) is 50.6 Å². The predicted molar refractivity (Wildman–Crippen MR) is 106 cm³/mol. The first-order valence-corrected chi connectivity index (χ1v) is 10.4. The summed E-state index contributed by atoms with van der Waals surface area (Å²) in [5.41, 5.74) is -2.60. The molecular formula is C21H27F4N3O3. The van der Waals surface area contributed by atoms with E-state index in [4.69, 9.17) is 0 Å². The number of amides is 2.